The van der Waals surface area contributed by atoms with E-state index in [1.807, 2.05) is 0 Å². The van der Waals surface area contributed by atoms with E-state index < -0.39 is 11.4 Å². The van der Waals surface area contributed by atoms with Crippen molar-refractivity contribution in [3.05, 3.63) is 0 Å². The third-order valence-electron chi connectivity index (χ3n) is 3.92. The Morgan fingerprint density at radius 1 is 1.44 bits per heavy atom. The lowest BCUT2D eigenvalue weighted by Crippen LogP contribution is -2.47. The first-order chi connectivity index (χ1) is 8.65. The van der Waals surface area contributed by atoms with Gasteiger partial charge in [0.2, 0.25) is 0 Å². The Hall–Kier alpha value is -0.940. The highest BCUT2D eigenvalue weighted by Gasteiger charge is 2.47. The zero-order valence-corrected chi connectivity index (χ0v) is 10.5. The lowest BCUT2D eigenvalue weighted by Gasteiger charge is -2.31. The number of rotatable bonds is 5. The first-order valence-electron chi connectivity index (χ1n) is 6.61. The summed E-state index contributed by atoms with van der Waals surface area (Å²) in [7, 11) is 0. The number of carboxylic acids is 1. The molecule has 0 bridgehead atoms. The van der Waals surface area contributed by atoms with Crippen LogP contribution in [0.15, 0.2) is 0 Å². The molecule has 2 fully saturated rings. The molecule has 0 aromatic heterocycles. The van der Waals surface area contributed by atoms with E-state index in [0.717, 1.165) is 25.9 Å². The van der Waals surface area contributed by atoms with Crippen molar-refractivity contribution in [3.8, 4) is 0 Å². The average Bonchev–Trinajstić information content (AvgIpc) is 2.84. The fourth-order valence-corrected chi connectivity index (χ4v) is 2.73. The molecule has 2 rings (SSSR count). The Morgan fingerprint density at radius 3 is 2.89 bits per heavy atom. The molecule has 2 atom stereocenters. The zero-order chi connectivity index (χ0) is 13.0. The van der Waals surface area contributed by atoms with E-state index in [0.29, 0.717) is 19.4 Å². The van der Waals surface area contributed by atoms with Crippen molar-refractivity contribution < 1.29 is 24.2 Å². The van der Waals surface area contributed by atoms with Crippen molar-refractivity contribution in [2.24, 2.45) is 5.41 Å². The predicted molar refractivity (Wildman–Crippen MR) is 63.3 cm³/mol. The quantitative estimate of drug-likeness (QED) is 0.753. The third kappa shape index (κ3) is 2.72. The number of hydrogen-bond acceptors (Lipinski definition) is 4. The molecule has 18 heavy (non-hydrogen) atoms. The summed E-state index contributed by atoms with van der Waals surface area (Å²) in [4.78, 5) is 23.3. The molecule has 2 heterocycles. The summed E-state index contributed by atoms with van der Waals surface area (Å²) in [6, 6.07) is 0. The Morgan fingerprint density at radius 2 is 2.28 bits per heavy atom. The second-order valence-electron chi connectivity index (χ2n) is 5.14. The number of carbonyl (C=O) groups excluding carboxylic acids is 1. The molecular formula is C13H20O5. The zero-order valence-electron chi connectivity index (χ0n) is 10.5. The Labute approximate surface area is 106 Å². The number of carboxylic acid groups (broad SMARTS) is 1. The van der Waals surface area contributed by atoms with Crippen LogP contribution < -0.4 is 0 Å². The fraction of sp³-hybridized carbons (Fsp3) is 0.846. The van der Waals surface area contributed by atoms with E-state index in [2.05, 4.69) is 0 Å². The van der Waals surface area contributed by atoms with Crippen LogP contribution in [0.25, 0.3) is 0 Å². The third-order valence-corrected chi connectivity index (χ3v) is 3.92. The summed E-state index contributed by atoms with van der Waals surface area (Å²) >= 11 is 0. The number of hydrogen-bond donors (Lipinski definition) is 1. The van der Waals surface area contributed by atoms with Gasteiger partial charge in [-0.15, -0.1) is 0 Å². The lowest BCUT2D eigenvalue weighted by atomic mass is 9.77. The van der Waals surface area contributed by atoms with Gasteiger partial charge in [0.25, 0.3) is 0 Å². The van der Waals surface area contributed by atoms with Gasteiger partial charge in [-0.2, -0.15) is 0 Å². The maximum atomic E-state index is 11.9. The molecule has 0 radical (unpaired) electrons. The van der Waals surface area contributed by atoms with Crippen LogP contribution in [-0.4, -0.2) is 42.8 Å². The minimum atomic E-state index is -1.31. The van der Waals surface area contributed by atoms with Gasteiger partial charge in [0.1, 0.15) is 5.41 Å². The SMILES string of the molecule is O=C(O)C1(CCCC2CCCO2)COCCC1=O. The highest BCUT2D eigenvalue weighted by molar-refractivity contribution is 6.03. The Balaban J connectivity index is 1.89. The van der Waals surface area contributed by atoms with E-state index in [-0.39, 0.29) is 24.9 Å². The fourth-order valence-electron chi connectivity index (χ4n) is 2.73. The van der Waals surface area contributed by atoms with Gasteiger partial charge in [-0.3, -0.25) is 9.59 Å². The Kier molecular flexibility index (Phi) is 4.35. The first kappa shape index (κ1) is 13.5. The highest BCUT2D eigenvalue weighted by Crippen LogP contribution is 2.32. The average molecular weight is 256 g/mol. The van der Waals surface area contributed by atoms with Crippen molar-refractivity contribution in [1.29, 1.82) is 0 Å². The normalized spacial score (nSPS) is 32.7. The number of ketones is 1. The molecule has 0 aromatic carbocycles. The number of aliphatic carboxylic acids is 1. The number of Topliss-reactive ketones (excluding diaryl/α,β-unsaturated/α-hetero) is 1. The maximum absolute atomic E-state index is 11.9. The monoisotopic (exact) mass is 256 g/mol. The van der Waals surface area contributed by atoms with Crippen molar-refractivity contribution in [3.63, 3.8) is 0 Å². The molecule has 1 N–H and O–H groups in total. The molecule has 5 heteroatoms. The Bertz CT molecular complexity index is 321. The molecule has 2 aliphatic rings. The molecule has 0 spiro atoms. The van der Waals surface area contributed by atoms with E-state index in [1.165, 1.54) is 0 Å². The molecule has 0 amide bonds. The largest absolute Gasteiger partial charge is 0.480 e. The van der Waals surface area contributed by atoms with Crippen LogP contribution in [0.2, 0.25) is 0 Å². The topological polar surface area (TPSA) is 72.8 Å². The van der Waals surface area contributed by atoms with Crippen LogP contribution in [0.4, 0.5) is 0 Å². The summed E-state index contributed by atoms with van der Waals surface area (Å²) in [5, 5.41) is 9.32. The van der Waals surface area contributed by atoms with Gasteiger partial charge in [0.15, 0.2) is 5.78 Å². The van der Waals surface area contributed by atoms with E-state index >= 15 is 0 Å². The van der Waals surface area contributed by atoms with Crippen LogP contribution in [0.5, 0.6) is 0 Å². The predicted octanol–water partition coefficient (Wildman–Crippen LogP) is 1.40. The standard InChI is InChI=1S/C13H20O5/c14-11-5-8-17-9-13(11,12(15)16)6-1-3-10-4-2-7-18-10/h10H,1-9H2,(H,15,16). The molecule has 2 saturated heterocycles. The second-order valence-corrected chi connectivity index (χ2v) is 5.14. The van der Waals surface area contributed by atoms with Gasteiger partial charge in [-0.05, 0) is 32.1 Å². The molecule has 0 aromatic rings. The van der Waals surface area contributed by atoms with Crippen LogP contribution in [0.3, 0.4) is 0 Å². The van der Waals surface area contributed by atoms with E-state index in [9.17, 15) is 14.7 Å². The molecule has 5 nitrogen and oxygen atoms in total. The van der Waals surface area contributed by atoms with Crippen LogP contribution in [0, 0.1) is 5.41 Å². The summed E-state index contributed by atoms with van der Waals surface area (Å²) in [5.74, 6) is -1.23. The van der Waals surface area contributed by atoms with E-state index in [4.69, 9.17) is 9.47 Å². The van der Waals surface area contributed by atoms with Gasteiger partial charge >= 0.3 is 5.97 Å². The summed E-state index contributed by atoms with van der Waals surface area (Å²) in [6.07, 6.45) is 4.48. The molecule has 2 aliphatic heterocycles. The molecule has 0 saturated carbocycles. The number of ether oxygens (including phenoxy) is 2. The number of carbonyl (C=O) groups is 2. The lowest BCUT2D eigenvalue weighted by molar-refractivity contribution is -0.165. The second kappa shape index (κ2) is 5.80. The van der Waals surface area contributed by atoms with Crippen molar-refractivity contribution in [2.75, 3.05) is 19.8 Å². The van der Waals surface area contributed by atoms with Crippen LogP contribution >= 0.6 is 0 Å². The molecule has 0 aliphatic carbocycles. The molecule has 2 unspecified atom stereocenters. The van der Waals surface area contributed by atoms with Crippen molar-refractivity contribution >= 4 is 11.8 Å². The molecule has 102 valence electrons. The van der Waals surface area contributed by atoms with E-state index in [1.54, 1.807) is 0 Å². The molecular weight excluding hydrogens is 236 g/mol. The maximum Gasteiger partial charge on any atom is 0.319 e. The smallest absolute Gasteiger partial charge is 0.319 e. The first-order valence-corrected chi connectivity index (χ1v) is 6.61. The van der Waals surface area contributed by atoms with Crippen molar-refractivity contribution in [2.45, 2.75) is 44.6 Å². The van der Waals surface area contributed by atoms with Crippen molar-refractivity contribution in [1.82, 2.24) is 0 Å². The summed E-state index contributed by atoms with van der Waals surface area (Å²) in [6.45, 7) is 1.17. The van der Waals surface area contributed by atoms with Gasteiger partial charge in [0.05, 0.1) is 19.3 Å². The van der Waals surface area contributed by atoms with Gasteiger partial charge in [-0.1, -0.05) is 0 Å². The van der Waals surface area contributed by atoms with Gasteiger partial charge < -0.3 is 14.6 Å². The van der Waals surface area contributed by atoms with Crippen LogP contribution in [0.1, 0.15) is 38.5 Å². The summed E-state index contributed by atoms with van der Waals surface area (Å²) in [5.41, 5.74) is -1.31. The van der Waals surface area contributed by atoms with Gasteiger partial charge in [-0.25, -0.2) is 0 Å². The minimum Gasteiger partial charge on any atom is -0.480 e. The van der Waals surface area contributed by atoms with Gasteiger partial charge in [0, 0.05) is 13.0 Å². The summed E-state index contributed by atoms with van der Waals surface area (Å²) < 4.78 is 10.7. The minimum absolute atomic E-state index is 0.0205. The van der Waals surface area contributed by atoms with Crippen LogP contribution in [-0.2, 0) is 19.1 Å². The highest BCUT2D eigenvalue weighted by atomic mass is 16.5.